The molecule has 0 N–H and O–H groups in total. The summed E-state index contributed by atoms with van der Waals surface area (Å²) in [5.41, 5.74) is 1.27. The molecular formula is C11H18O. The van der Waals surface area contributed by atoms with Crippen molar-refractivity contribution in [1.82, 2.24) is 0 Å². The van der Waals surface area contributed by atoms with Gasteiger partial charge in [0, 0.05) is 5.92 Å². The van der Waals surface area contributed by atoms with Gasteiger partial charge in [0.15, 0.2) is 5.78 Å². The first-order chi connectivity index (χ1) is 5.57. The number of carbonyl (C=O) groups excluding carboxylic acids is 1. The van der Waals surface area contributed by atoms with Crippen LogP contribution in [-0.4, -0.2) is 5.78 Å². The van der Waals surface area contributed by atoms with Crippen LogP contribution in [0.5, 0.6) is 0 Å². The standard InChI is InChI=1S/C11H18O/c1-5-6-11(12)10(4)8-7-9(2)3/h5-7,10H,8H2,1-4H3. The summed E-state index contributed by atoms with van der Waals surface area (Å²) in [4.78, 5) is 11.2. The van der Waals surface area contributed by atoms with Crippen molar-refractivity contribution in [3.63, 3.8) is 0 Å². The Morgan fingerprint density at radius 2 is 2.00 bits per heavy atom. The first-order valence-electron chi connectivity index (χ1n) is 4.37. The normalized spacial score (nSPS) is 13.0. The second kappa shape index (κ2) is 5.76. The van der Waals surface area contributed by atoms with Gasteiger partial charge in [0.25, 0.3) is 0 Å². The quantitative estimate of drug-likeness (QED) is 0.463. The van der Waals surface area contributed by atoms with E-state index in [1.807, 2.05) is 27.7 Å². The maximum Gasteiger partial charge on any atom is 0.158 e. The number of hydrogen-bond donors (Lipinski definition) is 0. The van der Waals surface area contributed by atoms with Gasteiger partial charge in [-0.05, 0) is 33.3 Å². The molecule has 0 fully saturated rings. The summed E-state index contributed by atoms with van der Waals surface area (Å²) in [6, 6.07) is 0. The molecule has 0 amide bonds. The second-order valence-electron chi connectivity index (χ2n) is 3.32. The summed E-state index contributed by atoms with van der Waals surface area (Å²) >= 11 is 0. The molecule has 0 aromatic rings. The van der Waals surface area contributed by atoms with E-state index in [1.165, 1.54) is 5.57 Å². The van der Waals surface area contributed by atoms with E-state index in [-0.39, 0.29) is 11.7 Å². The minimum Gasteiger partial charge on any atom is -0.295 e. The monoisotopic (exact) mass is 166 g/mol. The van der Waals surface area contributed by atoms with Crippen LogP contribution in [0.4, 0.5) is 0 Å². The Hall–Kier alpha value is -0.850. The van der Waals surface area contributed by atoms with E-state index in [2.05, 4.69) is 6.08 Å². The number of carbonyl (C=O) groups is 1. The van der Waals surface area contributed by atoms with Crippen LogP contribution in [0.2, 0.25) is 0 Å². The average molecular weight is 166 g/mol. The SMILES string of the molecule is CC=CC(=O)C(C)CC=C(C)C. The molecule has 0 bridgehead atoms. The molecule has 1 atom stereocenters. The lowest BCUT2D eigenvalue weighted by Crippen LogP contribution is -2.06. The van der Waals surface area contributed by atoms with Crippen molar-refractivity contribution in [2.24, 2.45) is 5.92 Å². The van der Waals surface area contributed by atoms with E-state index in [4.69, 9.17) is 0 Å². The fourth-order valence-electron chi connectivity index (χ4n) is 0.857. The van der Waals surface area contributed by atoms with Crippen LogP contribution in [0, 0.1) is 5.92 Å². The molecule has 68 valence electrons. The van der Waals surface area contributed by atoms with Gasteiger partial charge in [0.05, 0.1) is 0 Å². The molecule has 1 nitrogen and oxygen atoms in total. The largest absolute Gasteiger partial charge is 0.295 e. The third kappa shape index (κ3) is 4.89. The van der Waals surface area contributed by atoms with Crippen LogP contribution in [0.3, 0.4) is 0 Å². The second-order valence-corrected chi connectivity index (χ2v) is 3.32. The van der Waals surface area contributed by atoms with Crippen molar-refractivity contribution in [3.8, 4) is 0 Å². The lowest BCUT2D eigenvalue weighted by Gasteiger charge is -2.03. The zero-order valence-corrected chi connectivity index (χ0v) is 8.42. The summed E-state index contributed by atoms with van der Waals surface area (Å²) in [5, 5.41) is 0. The molecule has 1 unspecified atom stereocenters. The third-order valence-corrected chi connectivity index (χ3v) is 1.70. The molecule has 0 aliphatic heterocycles. The highest BCUT2D eigenvalue weighted by atomic mass is 16.1. The van der Waals surface area contributed by atoms with Crippen molar-refractivity contribution >= 4 is 5.78 Å². The molecule has 0 saturated carbocycles. The van der Waals surface area contributed by atoms with Gasteiger partial charge in [-0.25, -0.2) is 0 Å². The molecule has 0 radical (unpaired) electrons. The van der Waals surface area contributed by atoms with E-state index in [0.29, 0.717) is 0 Å². The molecule has 0 aliphatic carbocycles. The van der Waals surface area contributed by atoms with Gasteiger partial charge in [-0.3, -0.25) is 4.79 Å². The molecule has 0 aliphatic rings. The molecule has 1 heteroatoms. The van der Waals surface area contributed by atoms with Crippen molar-refractivity contribution < 1.29 is 4.79 Å². The Bertz CT molecular complexity index is 195. The summed E-state index contributed by atoms with van der Waals surface area (Å²) in [6.45, 7) is 7.92. The highest BCUT2D eigenvalue weighted by molar-refractivity contribution is 5.91. The van der Waals surface area contributed by atoms with Gasteiger partial charge in [-0.2, -0.15) is 0 Å². The highest BCUT2D eigenvalue weighted by Crippen LogP contribution is 2.07. The Morgan fingerprint density at radius 3 is 2.42 bits per heavy atom. The lowest BCUT2D eigenvalue weighted by atomic mass is 10.0. The third-order valence-electron chi connectivity index (χ3n) is 1.70. The predicted molar refractivity (Wildman–Crippen MR) is 53.0 cm³/mol. The molecule has 0 saturated heterocycles. The molecule has 0 aromatic heterocycles. The molecular weight excluding hydrogens is 148 g/mol. The number of ketones is 1. The van der Waals surface area contributed by atoms with Crippen LogP contribution < -0.4 is 0 Å². The van der Waals surface area contributed by atoms with E-state index < -0.39 is 0 Å². The van der Waals surface area contributed by atoms with Gasteiger partial charge in [0.1, 0.15) is 0 Å². The predicted octanol–water partition coefficient (Wildman–Crippen LogP) is 3.12. The molecule has 0 aromatic carbocycles. The average Bonchev–Trinajstić information content (AvgIpc) is 2.00. The topological polar surface area (TPSA) is 17.1 Å². The van der Waals surface area contributed by atoms with Crippen molar-refractivity contribution in [2.45, 2.75) is 34.1 Å². The number of allylic oxidation sites excluding steroid dienone is 4. The van der Waals surface area contributed by atoms with Gasteiger partial charge in [-0.1, -0.05) is 24.6 Å². The number of rotatable bonds is 4. The summed E-state index contributed by atoms with van der Waals surface area (Å²) in [6.07, 6.45) is 6.39. The van der Waals surface area contributed by atoms with Gasteiger partial charge in [-0.15, -0.1) is 0 Å². The van der Waals surface area contributed by atoms with Gasteiger partial charge >= 0.3 is 0 Å². The fraction of sp³-hybridized carbons (Fsp3) is 0.545. The minimum absolute atomic E-state index is 0.121. The summed E-state index contributed by atoms with van der Waals surface area (Å²) < 4.78 is 0. The van der Waals surface area contributed by atoms with Gasteiger partial charge in [0.2, 0.25) is 0 Å². The smallest absolute Gasteiger partial charge is 0.158 e. The molecule has 0 heterocycles. The van der Waals surface area contributed by atoms with E-state index in [1.54, 1.807) is 12.2 Å². The summed E-state index contributed by atoms with van der Waals surface area (Å²) in [5.74, 6) is 0.339. The Kier molecular flexibility index (Phi) is 5.35. The zero-order chi connectivity index (χ0) is 9.56. The highest BCUT2D eigenvalue weighted by Gasteiger charge is 2.06. The van der Waals surface area contributed by atoms with Gasteiger partial charge < -0.3 is 0 Å². The maximum atomic E-state index is 11.2. The summed E-state index contributed by atoms with van der Waals surface area (Å²) in [7, 11) is 0. The minimum atomic E-state index is 0.121. The zero-order valence-electron chi connectivity index (χ0n) is 8.42. The van der Waals surface area contributed by atoms with E-state index in [0.717, 1.165) is 6.42 Å². The van der Waals surface area contributed by atoms with Crippen LogP contribution >= 0.6 is 0 Å². The first-order valence-corrected chi connectivity index (χ1v) is 4.37. The van der Waals surface area contributed by atoms with Crippen LogP contribution in [0.1, 0.15) is 34.1 Å². The van der Waals surface area contributed by atoms with E-state index in [9.17, 15) is 4.79 Å². The molecule has 0 spiro atoms. The number of hydrogen-bond acceptors (Lipinski definition) is 1. The maximum absolute atomic E-state index is 11.2. The molecule has 12 heavy (non-hydrogen) atoms. The Balaban J connectivity index is 3.96. The first kappa shape index (κ1) is 11.2. The Labute approximate surface area is 75.2 Å². The van der Waals surface area contributed by atoms with Crippen molar-refractivity contribution in [3.05, 3.63) is 23.8 Å². The van der Waals surface area contributed by atoms with Crippen LogP contribution in [0.25, 0.3) is 0 Å². The molecule has 0 rings (SSSR count). The van der Waals surface area contributed by atoms with E-state index >= 15 is 0 Å². The van der Waals surface area contributed by atoms with Crippen LogP contribution in [0.15, 0.2) is 23.8 Å². The Morgan fingerprint density at radius 1 is 1.42 bits per heavy atom. The van der Waals surface area contributed by atoms with Crippen LogP contribution in [-0.2, 0) is 4.79 Å². The lowest BCUT2D eigenvalue weighted by molar-refractivity contribution is -0.117. The fourth-order valence-corrected chi connectivity index (χ4v) is 0.857. The van der Waals surface area contributed by atoms with Crippen molar-refractivity contribution in [2.75, 3.05) is 0 Å². The van der Waals surface area contributed by atoms with Crippen molar-refractivity contribution in [1.29, 1.82) is 0 Å².